The van der Waals surface area contributed by atoms with Crippen LogP contribution in [0.25, 0.3) is 0 Å². The molecule has 0 aromatic rings. The fourth-order valence-electron chi connectivity index (χ4n) is 2.40. The van der Waals surface area contributed by atoms with Crippen molar-refractivity contribution in [3.8, 4) is 0 Å². The van der Waals surface area contributed by atoms with Gasteiger partial charge in [0.2, 0.25) is 5.91 Å². The summed E-state index contributed by atoms with van der Waals surface area (Å²) in [6, 6.07) is 0. The normalized spacial score (nSPS) is 27.9. The first-order valence-electron chi connectivity index (χ1n) is 6.50. The van der Waals surface area contributed by atoms with Crippen molar-refractivity contribution in [2.45, 2.75) is 37.9 Å². The van der Waals surface area contributed by atoms with Gasteiger partial charge in [-0.25, -0.2) is 0 Å². The number of ether oxygens (including phenoxy) is 2. The molecule has 2 fully saturated rings. The Morgan fingerprint density at radius 1 is 1.28 bits per heavy atom. The monoisotopic (exact) mass is 278 g/mol. The summed E-state index contributed by atoms with van der Waals surface area (Å²) >= 11 is 0. The van der Waals surface area contributed by atoms with E-state index in [-0.39, 0.29) is 24.4 Å². The molecule has 1 amide bonds. The Balaban J connectivity index is 0.00000162. The van der Waals surface area contributed by atoms with E-state index in [9.17, 15) is 4.79 Å². The zero-order valence-electron chi connectivity index (χ0n) is 10.7. The zero-order chi connectivity index (χ0) is 12.1. The van der Waals surface area contributed by atoms with Crippen LogP contribution in [0.2, 0.25) is 0 Å². The smallest absolute Gasteiger partial charge is 0.222 e. The fraction of sp³-hybridized carbons (Fsp3) is 0.917. The Hall–Kier alpha value is -0.360. The summed E-state index contributed by atoms with van der Waals surface area (Å²) in [7, 11) is 0. The third-order valence-corrected chi connectivity index (χ3v) is 3.46. The summed E-state index contributed by atoms with van der Waals surface area (Å²) in [4.78, 5) is 13.9. The molecular weight excluding hydrogens is 256 g/mol. The highest BCUT2D eigenvalue weighted by molar-refractivity contribution is 5.85. The molecule has 2 saturated heterocycles. The van der Waals surface area contributed by atoms with E-state index in [1.54, 1.807) is 0 Å². The molecule has 2 rings (SSSR count). The molecule has 2 aliphatic rings. The summed E-state index contributed by atoms with van der Waals surface area (Å²) in [5.41, 5.74) is 5.56. The highest BCUT2D eigenvalue weighted by Gasteiger charge is 2.24. The Morgan fingerprint density at radius 3 is 2.72 bits per heavy atom. The van der Waals surface area contributed by atoms with Crippen LogP contribution in [0.1, 0.15) is 25.7 Å². The van der Waals surface area contributed by atoms with Crippen molar-refractivity contribution in [1.82, 2.24) is 4.90 Å². The topological polar surface area (TPSA) is 64.8 Å². The number of halogens is 1. The van der Waals surface area contributed by atoms with Gasteiger partial charge in [0.25, 0.3) is 0 Å². The van der Waals surface area contributed by atoms with Crippen molar-refractivity contribution in [3.63, 3.8) is 0 Å². The molecule has 0 aromatic heterocycles. The van der Waals surface area contributed by atoms with Crippen molar-refractivity contribution in [2.75, 3.05) is 32.8 Å². The number of morpholine rings is 1. The number of carbonyl (C=O) groups excluding carboxylic acids is 1. The summed E-state index contributed by atoms with van der Waals surface area (Å²) in [5, 5.41) is 0. The molecule has 0 spiro atoms. The van der Waals surface area contributed by atoms with Gasteiger partial charge in [-0.15, -0.1) is 12.4 Å². The zero-order valence-corrected chi connectivity index (χ0v) is 11.5. The van der Waals surface area contributed by atoms with Crippen LogP contribution in [-0.4, -0.2) is 55.9 Å². The minimum absolute atomic E-state index is 0. The highest BCUT2D eigenvalue weighted by atomic mass is 35.5. The average molecular weight is 279 g/mol. The molecule has 2 unspecified atom stereocenters. The Labute approximate surface area is 114 Å². The molecule has 106 valence electrons. The van der Waals surface area contributed by atoms with E-state index in [0.29, 0.717) is 38.8 Å². The van der Waals surface area contributed by atoms with Gasteiger partial charge >= 0.3 is 0 Å². The summed E-state index contributed by atoms with van der Waals surface area (Å²) in [5.74, 6) is 0.210. The molecule has 0 radical (unpaired) electrons. The van der Waals surface area contributed by atoms with Crippen LogP contribution in [0.4, 0.5) is 0 Å². The van der Waals surface area contributed by atoms with Crippen LogP contribution in [0.3, 0.4) is 0 Å². The SMILES string of the molecule is Cl.NCC1CN(C(=O)CCC2CCCO2)CCO1. The number of hydrogen-bond acceptors (Lipinski definition) is 4. The van der Waals surface area contributed by atoms with Crippen molar-refractivity contribution in [3.05, 3.63) is 0 Å². The first-order valence-corrected chi connectivity index (χ1v) is 6.50. The third-order valence-electron chi connectivity index (χ3n) is 3.46. The van der Waals surface area contributed by atoms with Gasteiger partial charge in [0.1, 0.15) is 0 Å². The molecule has 0 aliphatic carbocycles. The van der Waals surface area contributed by atoms with E-state index in [0.717, 1.165) is 25.9 Å². The minimum atomic E-state index is 0. The number of carbonyl (C=O) groups is 1. The van der Waals surface area contributed by atoms with E-state index in [4.69, 9.17) is 15.2 Å². The number of nitrogens with zero attached hydrogens (tertiary/aromatic N) is 1. The average Bonchev–Trinajstić information content (AvgIpc) is 2.89. The van der Waals surface area contributed by atoms with Crippen LogP contribution >= 0.6 is 12.4 Å². The fourth-order valence-corrected chi connectivity index (χ4v) is 2.40. The molecule has 18 heavy (non-hydrogen) atoms. The lowest BCUT2D eigenvalue weighted by Crippen LogP contribution is -2.48. The van der Waals surface area contributed by atoms with E-state index in [1.165, 1.54) is 0 Å². The Bertz CT molecular complexity index is 260. The molecule has 0 saturated carbocycles. The molecule has 6 heteroatoms. The minimum Gasteiger partial charge on any atom is -0.378 e. The van der Waals surface area contributed by atoms with Crippen LogP contribution in [-0.2, 0) is 14.3 Å². The molecule has 0 aromatic carbocycles. The van der Waals surface area contributed by atoms with E-state index >= 15 is 0 Å². The van der Waals surface area contributed by atoms with E-state index in [2.05, 4.69) is 0 Å². The van der Waals surface area contributed by atoms with Crippen molar-refractivity contribution >= 4 is 18.3 Å². The number of hydrogen-bond donors (Lipinski definition) is 1. The quantitative estimate of drug-likeness (QED) is 0.816. The number of amides is 1. The van der Waals surface area contributed by atoms with Crippen molar-refractivity contribution < 1.29 is 14.3 Å². The molecule has 5 nitrogen and oxygen atoms in total. The molecule has 2 aliphatic heterocycles. The molecular formula is C12H23ClN2O3. The third kappa shape index (κ3) is 4.39. The van der Waals surface area contributed by atoms with E-state index in [1.807, 2.05) is 4.90 Å². The lowest BCUT2D eigenvalue weighted by Gasteiger charge is -2.32. The standard InChI is InChI=1S/C12H22N2O3.ClH/c13-8-11-9-14(5-7-17-11)12(15)4-3-10-2-1-6-16-10;/h10-11H,1-9,13H2;1H. The maximum atomic E-state index is 12.0. The molecule has 2 N–H and O–H groups in total. The van der Waals surface area contributed by atoms with Gasteiger partial charge < -0.3 is 20.1 Å². The first kappa shape index (κ1) is 15.7. The second-order valence-corrected chi connectivity index (χ2v) is 4.74. The van der Waals surface area contributed by atoms with Crippen molar-refractivity contribution in [1.29, 1.82) is 0 Å². The summed E-state index contributed by atoms with van der Waals surface area (Å²) < 4.78 is 11.0. The van der Waals surface area contributed by atoms with Gasteiger partial charge in [-0.05, 0) is 19.3 Å². The Kier molecular flexibility index (Phi) is 6.92. The lowest BCUT2D eigenvalue weighted by atomic mass is 10.1. The van der Waals surface area contributed by atoms with Crippen molar-refractivity contribution in [2.24, 2.45) is 5.73 Å². The maximum Gasteiger partial charge on any atom is 0.222 e. The first-order chi connectivity index (χ1) is 8.29. The van der Waals surface area contributed by atoms with Gasteiger partial charge in [-0.2, -0.15) is 0 Å². The number of nitrogens with two attached hydrogens (primary N) is 1. The van der Waals surface area contributed by atoms with Crippen LogP contribution in [0.15, 0.2) is 0 Å². The van der Waals surface area contributed by atoms with Gasteiger partial charge in [0.05, 0.1) is 18.8 Å². The van der Waals surface area contributed by atoms with Crippen LogP contribution in [0, 0.1) is 0 Å². The highest BCUT2D eigenvalue weighted by Crippen LogP contribution is 2.17. The van der Waals surface area contributed by atoms with E-state index < -0.39 is 0 Å². The van der Waals surface area contributed by atoms with Crippen LogP contribution < -0.4 is 5.73 Å². The molecule has 0 bridgehead atoms. The van der Waals surface area contributed by atoms with Gasteiger partial charge in [0, 0.05) is 32.7 Å². The maximum absolute atomic E-state index is 12.0. The van der Waals surface area contributed by atoms with Gasteiger partial charge in [-0.1, -0.05) is 0 Å². The second-order valence-electron chi connectivity index (χ2n) is 4.74. The molecule has 2 heterocycles. The van der Waals surface area contributed by atoms with Gasteiger partial charge in [0.15, 0.2) is 0 Å². The predicted octanol–water partition coefficient (Wildman–Crippen LogP) is 0.553. The van der Waals surface area contributed by atoms with Gasteiger partial charge in [-0.3, -0.25) is 4.79 Å². The second kappa shape index (κ2) is 7.94. The van der Waals surface area contributed by atoms with Crippen LogP contribution in [0.5, 0.6) is 0 Å². The molecule has 2 atom stereocenters. The Morgan fingerprint density at radius 2 is 2.06 bits per heavy atom. The summed E-state index contributed by atoms with van der Waals surface area (Å²) in [6.07, 6.45) is 3.97. The summed E-state index contributed by atoms with van der Waals surface area (Å²) in [6.45, 7) is 3.27. The largest absolute Gasteiger partial charge is 0.378 e. The lowest BCUT2D eigenvalue weighted by molar-refractivity contribution is -0.139. The predicted molar refractivity (Wildman–Crippen MR) is 70.8 cm³/mol. The number of rotatable bonds is 4.